The maximum atomic E-state index is 11.3. The molecule has 1 amide bonds. The fraction of sp³-hybridized carbons (Fsp3) is 0.636. The SMILES string of the molecule is CC(C)(C)n1nc(C(N)=O)c2c1CCNC2. The molecule has 0 radical (unpaired) electrons. The average Bonchev–Trinajstić information content (AvgIpc) is 2.56. The van der Waals surface area contributed by atoms with Crippen LogP contribution in [-0.4, -0.2) is 22.2 Å². The van der Waals surface area contributed by atoms with Crippen molar-refractivity contribution in [2.75, 3.05) is 6.54 Å². The Kier molecular flexibility index (Phi) is 2.50. The van der Waals surface area contributed by atoms with Crippen molar-refractivity contribution in [3.05, 3.63) is 17.0 Å². The van der Waals surface area contributed by atoms with Crippen molar-refractivity contribution < 1.29 is 4.79 Å². The molecule has 0 saturated carbocycles. The molecular weight excluding hydrogens is 204 g/mol. The molecule has 0 spiro atoms. The Morgan fingerprint density at radius 1 is 1.50 bits per heavy atom. The van der Waals surface area contributed by atoms with Crippen LogP contribution in [0.5, 0.6) is 0 Å². The predicted molar refractivity (Wildman–Crippen MR) is 61.2 cm³/mol. The van der Waals surface area contributed by atoms with Crippen LogP contribution in [0.3, 0.4) is 0 Å². The molecule has 16 heavy (non-hydrogen) atoms. The number of carbonyl (C=O) groups excluding carboxylic acids is 1. The number of carbonyl (C=O) groups is 1. The van der Waals surface area contributed by atoms with Crippen LogP contribution in [0, 0.1) is 0 Å². The molecule has 0 aromatic carbocycles. The summed E-state index contributed by atoms with van der Waals surface area (Å²) in [5.41, 5.74) is 7.76. The highest BCUT2D eigenvalue weighted by Gasteiger charge is 2.28. The number of fused-ring (bicyclic) bond motifs is 1. The first-order valence-corrected chi connectivity index (χ1v) is 5.53. The third-order valence-corrected chi connectivity index (χ3v) is 2.80. The van der Waals surface area contributed by atoms with Crippen molar-refractivity contribution in [3.63, 3.8) is 0 Å². The van der Waals surface area contributed by atoms with Crippen molar-refractivity contribution in [2.24, 2.45) is 5.73 Å². The van der Waals surface area contributed by atoms with Crippen LogP contribution in [0.25, 0.3) is 0 Å². The Morgan fingerprint density at radius 2 is 2.19 bits per heavy atom. The molecule has 0 atom stereocenters. The molecule has 1 aromatic rings. The van der Waals surface area contributed by atoms with Gasteiger partial charge >= 0.3 is 0 Å². The molecule has 0 saturated heterocycles. The fourth-order valence-electron chi connectivity index (χ4n) is 2.10. The van der Waals surface area contributed by atoms with E-state index in [9.17, 15) is 4.79 Å². The minimum absolute atomic E-state index is 0.116. The summed E-state index contributed by atoms with van der Waals surface area (Å²) >= 11 is 0. The third-order valence-electron chi connectivity index (χ3n) is 2.80. The first-order chi connectivity index (χ1) is 7.41. The van der Waals surface area contributed by atoms with Crippen molar-refractivity contribution >= 4 is 5.91 Å². The molecule has 3 N–H and O–H groups in total. The second-order valence-electron chi connectivity index (χ2n) is 5.15. The first kappa shape index (κ1) is 11.1. The smallest absolute Gasteiger partial charge is 0.269 e. The van der Waals surface area contributed by atoms with Crippen LogP contribution in [0.1, 0.15) is 42.5 Å². The van der Waals surface area contributed by atoms with Gasteiger partial charge in [-0.3, -0.25) is 9.48 Å². The quantitative estimate of drug-likeness (QED) is 0.721. The molecule has 88 valence electrons. The molecule has 0 fully saturated rings. The monoisotopic (exact) mass is 222 g/mol. The largest absolute Gasteiger partial charge is 0.364 e. The van der Waals surface area contributed by atoms with Crippen molar-refractivity contribution in [1.82, 2.24) is 15.1 Å². The summed E-state index contributed by atoms with van der Waals surface area (Å²) in [5, 5.41) is 7.60. The second-order valence-corrected chi connectivity index (χ2v) is 5.15. The van der Waals surface area contributed by atoms with E-state index < -0.39 is 5.91 Å². The van der Waals surface area contributed by atoms with E-state index in [4.69, 9.17) is 5.73 Å². The van der Waals surface area contributed by atoms with Gasteiger partial charge in [0.2, 0.25) is 0 Å². The highest BCUT2D eigenvalue weighted by Crippen LogP contribution is 2.24. The van der Waals surface area contributed by atoms with Gasteiger partial charge in [0, 0.05) is 30.8 Å². The van der Waals surface area contributed by atoms with Crippen molar-refractivity contribution in [3.8, 4) is 0 Å². The lowest BCUT2D eigenvalue weighted by atomic mass is 10.0. The maximum Gasteiger partial charge on any atom is 0.269 e. The van der Waals surface area contributed by atoms with Gasteiger partial charge in [0.25, 0.3) is 5.91 Å². The Hall–Kier alpha value is -1.36. The molecule has 5 heteroatoms. The predicted octanol–water partition coefficient (Wildman–Crippen LogP) is 0.383. The van der Waals surface area contributed by atoms with Gasteiger partial charge in [0.15, 0.2) is 5.69 Å². The number of aromatic nitrogens is 2. The summed E-state index contributed by atoms with van der Waals surface area (Å²) < 4.78 is 1.93. The Bertz CT molecular complexity index is 428. The summed E-state index contributed by atoms with van der Waals surface area (Å²) in [5.74, 6) is -0.442. The summed E-state index contributed by atoms with van der Waals surface area (Å²) in [6.45, 7) is 7.84. The molecule has 1 aliphatic heterocycles. The fourth-order valence-corrected chi connectivity index (χ4v) is 2.10. The number of amides is 1. The standard InChI is InChI=1S/C11H18N4O/c1-11(2,3)15-8-4-5-13-6-7(8)9(14-15)10(12)16/h13H,4-6H2,1-3H3,(H2,12,16). The molecule has 0 aliphatic carbocycles. The zero-order valence-electron chi connectivity index (χ0n) is 10.0. The molecular formula is C11H18N4O. The van der Waals surface area contributed by atoms with Gasteiger partial charge < -0.3 is 11.1 Å². The first-order valence-electron chi connectivity index (χ1n) is 5.53. The van der Waals surface area contributed by atoms with E-state index in [1.807, 2.05) is 4.68 Å². The third kappa shape index (κ3) is 1.71. The summed E-state index contributed by atoms with van der Waals surface area (Å²) in [4.78, 5) is 11.3. The number of hydrogen-bond donors (Lipinski definition) is 2. The molecule has 2 heterocycles. The van der Waals surface area contributed by atoms with Gasteiger partial charge in [-0.15, -0.1) is 0 Å². The van der Waals surface area contributed by atoms with Gasteiger partial charge in [-0.25, -0.2) is 0 Å². The normalized spacial score (nSPS) is 15.9. The van der Waals surface area contributed by atoms with E-state index in [1.165, 1.54) is 0 Å². The molecule has 5 nitrogen and oxygen atoms in total. The van der Waals surface area contributed by atoms with E-state index in [2.05, 4.69) is 31.2 Å². The van der Waals surface area contributed by atoms with Gasteiger partial charge in [-0.2, -0.15) is 5.10 Å². The second kappa shape index (κ2) is 3.59. The minimum Gasteiger partial charge on any atom is -0.364 e. The van der Waals surface area contributed by atoms with E-state index in [0.717, 1.165) is 24.2 Å². The average molecular weight is 222 g/mol. The summed E-state index contributed by atoms with van der Waals surface area (Å²) in [6.07, 6.45) is 0.896. The minimum atomic E-state index is -0.442. The van der Waals surface area contributed by atoms with E-state index >= 15 is 0 Å². The van der Waals surface area contributed by atoms with Crippen LogP contribution in [0.2, 0.25) is 0 Å². The van der Waals surface area contributed by atoms with Gasteiger partial charge in [0.1, 0.15) is 0 Å². The van der Waals surface area contributed by atoms with Gasteiger partial charge in [-0.05, 0) is 20.8 Å². The Labute approximate surface area is 95.0 Å². The van der Waals surface area contributed by atoms with Crippen LogP contribution in [0.15, 0.2) is 0 Å². The lowest BCUT2D eigenvalue weighted by Crippen LogP contribution is -2.30. The topological polar surface area (TPSA) is 72.9 Å². The van der Waals surface area contributed by atoms with E-state index in [1.54, 1.807) is 0 Å². The summed E-state index contributed by atoms with van der Waals surface area (Å²) in [6, 6.07) is 0. The number of nitrogens with zero attached hydrogens (tertiary/aromatic N) is 2. The Balaban J connectivity index is 2.59. The van der Waals surface area contributed by atoms with Gasteiger partial charge in [0.05, 0.1) is 5.54 Å². The number of hydrogen-bond acceptors (Lipinski definition) is 3. The maximum absolute atomic E-state index is 11.3. The number of nitrogens with one attached hydrogen (secondary N) is 1. The number of nitrogens with two attached hydrogens (primary N) is 1. The van der Waals surface area contributed by atoms with Crippen molar-refractivity contribution in [1.29, 1.82) is 0 Å². The van der Waals surface area contributed by atoms with Crippen LogP contribution in [-0.2, 0) is 18.5 Å². The molecule has 0 bridgehead atoms. The lowest BCUT2D eigenvalue weighted by Gasteiger charge is -2.24. The zero-order chi connectivity index (χ0) is 11.9. The Morgan fingerprint density at radius 3 is 2.75 bits per heavy atom. The summed E-state index contributed by atoms with van der Waals surface area (Å²) in [7, 11) is 0. The van der Waals surface area contributed by atoms with Crippen molar-refractivity contribution in [2.45, 2.75) is 39.3 Å². The molecule has 1 aliphatic rings. The highest BCUT2D eigenvalue weighted by atomic mass is 16.1. The van der Waals surface area contributed by atoms with Crippen LogP contribution in [0.4, 0.5) is 0 Å². The molecule has 2 rings (SSSR count). The molecule has 0 unspecified atom stereocenters. The van der Waals surface area contributed by atoms with Crippen LogP contribution >= 0.6 is 0 Å². The number of primary amides is 1. The van der Waals surface area contributed by atoms with E-state index in [-0.39, 0.29) is 5.54 Å². The van der Waals surface area contributed by atoms with Gasteiger partial charge in [-0.1, -0.05) is 0 Å². The lowest BCUT2D eigenvalue weighted by molar-refractivity contribution is 0.0993. The zero-order valence-corrected chi connectivity index (χ0v) is 10.0. The highest BCUT2D eigenvalue weighted by molar-refractivity contribution is 5.92. The number of rotatable bonds is 1. The van der Waals surface area contributed by atoms with E-state index in [0.29, 0.717) is 12.2 Å². The molecule has 1 aromatic heterocycles. The van der Waals surface area contributed by atoms with Crippen LogP contribution < -0.4 is 11.1 Å².